The van der Waals surface area contributed by atoms with E-state index in [4.69, 9.17) is 9.47 Å². The van der Waals surface area contributed by atoms with Crippen LogP contribution in [-0.2, 0) is 9.53 Å². The number of amides is 1. The summed E-state index contributed by atoms with van der Waals surface area (Å²) in [5.74, 6) is 0.552. The highest BCUT2D eigenvalue weighted by Gasteiger charge is 2.23. The van der Waals surface area contributed by atoms with Crippen LogP contribution in [0.1, 0.15) is 17.2 Å². The Balaban J connectivity index is 2.12. The first kappa shape index (κ1) is 13.8. The fourth-order valence-electron chi connectivity index (χ4n) is 2.16. The zero-order chi connectivity index (χ0) is 13.8. The van der Waals surface area contributed by atoms with Crippen LogP contribution >= 0.6 is 0 Å². The van der Waals surface area contributed by atoms with Crippen LogP contribution in [0.3, 0.4) is 0 Å². The van der Waals surface area contributed by atoms with Crippen LogP contribution in [-0.4, -0.2) is 49.3 Å². The number of nitrogens with zero attached hydrogens (tertiary/aromatic N) is 1. The molecule has 0 saturated carbocycles. The van der Waals surface area contributed by atoms with Gasteiger partial charge in [0.15, 0.2) is 0 Å². The average Bonchev–Trinajstić information content (AvgIpc) is 2.41. The van der Waals surface area contributed by atoms with Crippen molar-refractivity contribution in [3.05, 3.63) is 29.3 Å². The standard InChI is InChI=1S/C14H19NO4/c1-10-3-4-13(18-2)11(7-10)12(16)8-15-5-6-19-9-14(15)17/h3-4,7,12,16H,5-6,8-9H2,1-2H3. The van der Waals surface area contributed by atoms with Gasteiger partial charge in [0.05, 0.1) is 20.3 Å². The molecule has 0 aliphatic carbocycles. The number of β-amino-alcohol motifs (C(OH)–C–C–N with tert-alkyl or cyclic N) is 1. The zero-order valence-electron chi connectivity index (χ0n) is 11.3. The maximum atomic E-state index is 11.6. The summed E-state index contributed by atoms with van der Waals surface area (Å²) in [7, 11) is 1.57. The van der Waals surface area contributed by atoms with Crippen LogP contribution in [0.2, 0.25) is 0 Å². The molecule has 1 aliphatic heterocycles. The van der Waals surface area contributed by atoms with Gasteiger partial charge in [-0.15, -0.1) is 0 Å². The topological polar surface area (TPSA) is 59.0 Å². The lowest BCUT2D eigenvalue weighted by Gasteiger charge is -2.29. The van der Waals surface area contributed by atoms with Crippen LogP contribution in [0.4, 0.5) is 0 Å². The summed E-state index contributed by atoms with van der Waals surface area (Å²) in [4.78, 5) is 13.3. The van der Waals surface area contributed by atoms with Gasteiger partial charge in [0.2, 0.25) is 5.91 Å². The molecule has 19 heavy (non-hydrogen) atoms. The second-order valence-corrected chi connectivity index (χ2v) is 4.65. The zero-order valence-corrected chi connectivity index (χ0v) is 11.3. The molecule has 0 radical (unpaired) electrons. The van der Waals surface area contributed by atoms with E-state index in [0.717, 1.165) is 5.56 Å². The number of aliphatic hydroxyl groups excluding tert-OH is 1. The maximum Gasteiger partial charge on any atom is 0.248 e. The summed E-state index contributed by atoms with van der Waals surface area (Å²) in [6.45, 7) is 3.35. The molecule has 1 amide bonds. The van der Waals surface area contributed by atoms with E-state index in [0.29, 0.717) is 24.5 Å². The molecule has 1 heterocycles. The predicted octanol–water partition coefficient (Wildman–Crippen LogP) is 0.896. The smallest absolute Gasteiger partial charge is 0.248 e. The van der Waals surface area contributed by atoms with E-state index in [2.05, 4.69) is 0 Å². The van der Waals surface area contributed by atoms with Crippen molar-refractivity contribution >= 4 is 5.91 Å². The summed E-state index contributed by atoms with van der Waals surface area (Å²) in [6.07, 6.45) is -0.753. The van der Waals surface area contributed by atoms with Crippen LogP contribution < -0.4 is 4.74 Å². The Kier molecular flexibility index (Phi) is 4.39. The van der Waals surface area contributed by atoms with E-state index in [1.54, 1.807) is 12.0 Å². The number of aliphatic hydroxyl groups is 1. The first-order valence-corrected chi connectivity index (χ1v) is 6.30. The third kappa shape index (κ3) is 3.24. The highest BCUT2D eigenvalue weighted by atomic mass is 16.5. The van der Waals surface area contributed by atoms with Crippen molar-refractivity contribution in [2.75, 3.05) is 33.4 Å². The molecule has 2 rings (SSSR count). The molecule has 5 heteroatoms. The number of benzene rings is 1. The molecule has 0 aromatic heterocycles. The Morgan fingerprint density at radius 1 is 1.53 bits per heavy atom. The van der Waals surface area contributed by atoms with Gasteiger partial charge < -0.3 is 19.5 Å². The fraction of sp³-hybridized carbons (Fsp3) is 0.500. The van der Waals surface area contributed by atoms with Gasteiger partial charge in [0.25, 0.3) is 0 Å². The number of hydrogen-bond acceptors (Lipinski definition) is 4. The van der Waals surface area contributed by atoms with Gasteiger partial charge in [-0.3, -0.25) is 4.79 Å². The number of morpholine rings is 1. The molecule has 1 unspecified atom stereocenters. The summed E-state index contributed by atoms with van der Waals surface area (Å²) in [6, 6.07) is 5.64. The minimum Gasteiger partial charge on any atom is -0.496 e. The molecule has 1 aromatic rings. The molecule has 0 bridgehead atoms. The SMILES string of the molecule is COc1ccc(C)cc1C(O)CN1CCOCC1=O. The fourth-order valence-corrected chi connectivity index (χ4v) is 2.16. The minimum atomic E-state index is -0.753. The summed E-state index contributed by atoms with van der Waals surface area (Å²) in [5, 5.41) is 10.3. The molecule has 0 spiro atoms. The van der Waals surface area contributed by atoms with Crippen molar-refractivity contribution in [3.63, 3.8) is 0 Å². The lowest BCUT2D eigenvalue weighted by Crippen LogP contribution is -2.43. The molecule has 104 valence electrons. The number of carbonyl (C=O) groups is 1. The summed E-state index contributed by atoms with van der Waals surface area (Å²) >= 11 is 0. The highest BCUT2D eigenvalue weighted by Crippen LogP contribution is 2.27. The number of methoxy groups -OCH3 is 1. The van der Waals surface area contributed by atoms with Crippen LogP contribution in [0.25, 0.3) is 0 Å². The van der Waals surface area contributed by atoms with Crippen LogP contribution in [0.15, 0.2) is 18.2 Å². The third-order valence-corrected chi connectivity index (χ3v) is 3.22. The highest BCUT2D eigenvalue weighted by molar-refractivity contribution is 5.78. The van der Waals surface area contributed by atoms with E-state index in [-0.39, 0.29) is 19.1 Å². The third-order valence-electron chi connectivity index (χ3n) is 3.22. The molecule has 1 aromatic carbocycles. The van der Waals surface area contributed by atoms with E-state index < -0.39 is 6.10 Å². The van der Waals surface area contributed by atoms with Crippen LogP contribution in [0.5, 0.6) is 5.75 Å². The summed E-state index contributed by atoms with van der Waals surface area (Å²) in [5.41, 5.74) is 1.75. The molecule has 1 atom stereocenters. The van der Waals surface area contributed by atoms with Crippen molar-refractivity contribution in [1.82, 2.24) is 4.90 Å². The lowest BCUT2D eigenvalue weighted by molar-refractivity contribution is -0.144. The van der Waals surface area contributed by atoms with Crippen molar-refractivity contribution in [3.8, 4) is 5.75 Å². The van der Waals surface area contributed by atoms with E-state index in [1.807, 2.05) is 25.1 Å². The van der Waals surface area contributed by atoms with Crippen molar-refractivity contribution in [2.24, 2.45) is 0 Å². The Hall–Kier alpha value is -1.59. The van der Waals surface area contributed by atoms with Crippen molar-refractivity contribution in [2.45, 2.75) is 13.0 Å². The molecular weight excluding hydrogens is 246 g/mol. The first-order chi connectivity index (χ1) is 9.11. The quantitative estimate of drug-likeness (QED) is 0.878. The first-order valence-electron chi connectivity index (χ1n) is 6.30. The normalized spacial score (nSPS) is 17.4. The monoisotopic (exact) mass is 265 g/mol. The Labute approximate surface area is 112 Å². The number of carbonyl (C=O) groups excluding carboxylic acids is 1. The van der Waals surface area contributed by atoms with E-state index in [9.17, 15) is 9.90 Å². The lowest BCUT2D eigenvalue weighted by atomic mass is 10.0. The van der Waals surface area contributed by atoms with E-state index in [1.165, 1.54) is 0 Å². The summed E-state index contributed by atoms with van der Waals surface area (Å²) < 4.78 is 10.3. The Morgan fingerprint density at radius 3 is 3.00 bits per heavy atom. The van der Waals surface area contributed by atoms with Gasteiger partial charge in [-0.25, -0.2) is 0 Å². The number of ether oxygens (including phenoxy) is 2. The number of rotatable bonds is 4. The molecule has 1 N–H and O–H groups in total. The van der Waals surface area contributed by atoms with Crippen molar-refractivity contribution in [1.29, 1.82) is 0 Å². The van der Waals surface area contributed by atoms with Gasteiger partial charge in [-0.05, 0) is 19.1 Å². The molecular formula is C14H19NO4. The average molecular weight is 265 g/mol. The van der Waals surface area contributed by atoms with Crippen LogP contribution in [0, 0.1) is 6.92 Å². The van der Waals surface area contributed by atoms with Gasteiger partial charge in [0.1, 0.15) is 18.5 Å². The molecule has 5 nitrogen and oxygen atoms in total. The largest absolute Gasteiger partial charge is 0.496 e. The Morgan fingerprint density at radius 2 is 2.32 bits per heavy atom. The number of aryl methyl sites for hydroxylation is 1. The second kappa shape index (κ2) is 6.04. The van der Waals surface area contributed by atoms with Crippen molar-refractivity contribution < 1.29 is 19.4 Å². The van der Waals surface area contributed by atoms with Gasteiger partial charge in [0, 0.05) is 12.1 Å². The predicted molar refractivity (Wildman–Crippen MR) is 70.1 cm³/mol. The number of hydrogen-bond donors (Lipinski definition) is 1. The van der Waals surface area contributed by atoms with Gasteiger partial charge in [-0.2, -0.15) is 0 Å². The second-order valence-electron chi connectivity index (χ2n) is 4.65. The molecule has 1 saturated heterocycles. The van der Waals surface area contributed by atoms with E-state index >= 15 is 0 Å². The Bertz CT molecular complexity index is 461. The van der Waals surface area contributed by atoms with Gasteiger partial charge >= 0.3 is 0 Å². The minimum absolute atomic E-state index is 0.0862. The van der Waals surface area contributed by atoms with Gasteiger partial charge in [-0.1, -0.05) is 11.6 Å². The molecule has 1 aliphatic rings. The maximum absolute atomic E-state index is 11.6. The molecule has 1 fully saturated rings.